The largest absolute Gasteiger partial charge is 0.496 e. The minimum atomic E-state index is -3.74. The van der Waals surface area contributed by atoms with Gasteiger partial charge in [-0.05, 0) is 44.0 Å². The summed E-state index contributed by atoms with van der Waals surface area (Å²) in [7, 11) is -2.20. The second kappa shape index (κ2) is 6.82. The van der Waals surface area contributed by atoms with E-state index in [1.54, 1.807) is 20.1 Å². The van der Waals surface area contributed by atoms with Gasteiger partial charge in [0, 0.05) is 0 Å². The van der Waals surface area contributed by atoms with Gasteiger partial charge in [-0.1, -0.05) is 0 Å². The average molecular weight is 337 g/mol. The Morgan fingerprint density at radius 3 is 2.35 bits per heavy atom. The Labute approximate surface area is 135 Å². The van der Waals surface area contributed by atoms with Gasteiger partial charge in [0.1, 0.15) is 5.75 Å². The first kappa shape index (κ1) is 17.0. The van der Waals surface area contributed by atoms with Gasteiger partial charge in [-0.25, -0.2) is 18.4 Å². The Kier molecular flexibility index (Phi) is 5.05. The molecule has 0 aliphatic heterocycles. The van der Waals surface area contributed by atoms with E-state index in [0.29, 0.717) is 17.9 Å². The third kappa shape index (κ3) is 3.70. The van der Waals surface area contributed by atoms with Crippen LogP contribution in [0, 0.1) is 13.8 Å². The number of nitrogens with zero attached hydrogens (tertiary/aromatic N) is 2. The van der Waals surface area contributed by atoms with Crippen molar-refractivity contribution in [1.82, 2.24) is 9.97 Å². The Balaban J connectivity index is 2.30. The molecule has 124 valence electrons. The highest BCUT2D eigenvalue weighted by Crippen LogP contribution is 2.28. The first-order chi connectivity index (χ1) is 10.9. The Morgan fingerprint density at radius 2 is 1.78 bits per heavy atom. The SMILES string of the molecule is CCOc1ncc(NS(=O)(=O)c2ccc(OC)c(C)c2C)cn1. The number of rotatable bonds is 6. The molecule has 0 bridgehead atoms. The molecule has 2 rings (SSSR count). The zero-order chi connectivity index (χ0) is 17.0. The lowest BCUT2D eigenvalue weighted by atomic mass is 10.1. The summed E-state index contributed by atoms with van der Waals surface area (Å²) >= 11 is 0. The molecule has 1 aromatic heterocycles. The summed E-state index contributed by atoms with van der Waals surface area (Å²) in [6.45, 7) is 5.80. The summed E-state index contributed by atoms with van der Waals surface area (Å²) in [4.78, 5) is 8.05. The van der Waals surface area contributed by atoms with Crippen LogP contribution in [0.5, 0.6) is 11.8 Å². The number of sulfonamides is 1. The van der Waals surface area contributed by atoms with Gasteiger partial charge >= 0.3 is 6.01 Å². The Hall–Kier alpha value is -2.35. The number of anilines is 1. The van der Waals surface area contributed by atoms with Gasteiger partial charge < -0.3 is 9.47 Å². The average Bonchev–Trinajstić information content (AvgIpc) is 2.51. The fraction of sp³-hybridized carbons (Fsp3) is 0.333. The van der Waals surface area contributed by atoms with E-state index < -0.39 is 10.0 Å². The van der Waals surface area contributed by atoms with Crippen LogP contribution in [-0.4, -0.2) is 32.1 Å². The quantitative estimate of drug-likeness (QED) is 0.870. The topological polar surface area (TPSA) is 90.4 Å². The van der Waals surface area contributed by atoms with E-state index in [-0.39, 0.29) is 16.6 Å². The van der Waals surface area contributed by atoms with Crippen LogP contribution in [0.25, 0.3) is 0 Å². The zero-order valence-corrected chi connectivity index (χ0v) is 14.3. The van der Waals surface area contributed by atoms with Crippen molar-refractivity contribution in [2.45, 2.75) is 25.7 Å². The van der Waals surface area contributed by atoms with Crippen molar-refractivity contribution >= 4 is 15.7 Å². The number of benzene rings is 1. The summed E-state index contributed by atoms with van der Waals surface area (Å²) in [5.41, 5.74) is 1.67. The lowest BCUT2D eigenvalue weighted by Gasteiger charge is -2.14. The number of aromatic nitrogens is 2. The smallest absolute Gasteiger partial charge is 0.316 e. The molecular formula is C15H19N3O4S. The van der Waals surface area contributed by atoms with Crippen LogP contribution in [-0.2, 0) is 10.0 Å². The molecule has 0 spiro atoms. The van der Waals surface area contributed by atoms with Crippen LogP contribution in [0.3, 0.4) is 0 Å². The normalized spacial score (nSPS) is 11.1. The molecule has 2 aromatic rings. The maximum atomic E-state index is 12.5. The fourth-order valence-electron chi connectivity index (χ4n) is 2.07. The first-order valence-electron chi connectivity index (χ1n) is 7.01. The molecule has 0 aliphatic rings. The zero-order valence-electron chi connectivity index (χ0n) is 13.5. The second-order valence-electron chi connectivity index (χ2n) is 4.81. The van der Waals surface area contributed by atoms with Gasteiger partial charge in [-0.15, -0.1) is 0 Å². The predicted molar refractivity (Wildman–Crippen MR) is 86.5 cm³/mol. The molecular weight excluding hydrogens is 318 g/mol. The maximum absolute atomic E-state index is 12.5. The minimum absolute atomic E-state index is 0.185. The van der Waals surface area contributed by atoms with Crippen LogP contribution in [0.15, 0.2) is 29.4 Å². The minimum Gasteiger partial charge on any atom is -0.496 e. The van der Waals surface area contributed by atoms with Crippen LogP contribution in [0.1, 0.15) is 18.1 Å². The van der Waals surface area contributed by atoms with Crippen molar-refractivity contribution in [2.24, 2.45) is 0 Å². The number of nitrogens with one attached hydrogen (secondary N) is 1. The van der Waals surface area contributed by atoms with Gasteiger partial charge in [0.05, 0.1) is 36.7 Å². The highest BCUT2D eigenvalue weighted by atomic mass is 32.2. The molecule has 7 nitrogen and oxygen atoms in total. The monoisotopic (exact) mass is 337 g/mol. The van der Waals surface area contributed by atoms with Crippen LogP contribution < -0.4 is 14.2 Å². The summed E-state index contributed by atoms with van der Waals surface area (Å²) in [5.74, 6) is 0.644. The maximum Gasteiger partial charge on any atom is 0.316 e. The fourth-order valence-corrected chi connectivity index (χ4v) is 3.39. The Bertz CT molecular complexity index is 789. The summed E-state index contributed by atoms with van der Waals surface area (Å²) in [5, 5.41) is 0. The summed E-state index contributed by atoms with van der Waals surface area (Å²) in [6.07, 6.45) is 2.72. The molecule has 0 saturated heterocycles. The van der Waals surface area contributed by atoms with E-state index in [2.05, 4.69) is 14.7 Å². The summed E-state index contributed by atoms with van der Waals surface area (Å²) in [6, 6.07) is 3.34. The van der Waals surface area contributed by atoms with Crippen LogP contribution >= 0.6 is 0 Å². The molecule has 1 aromatic carbocycles. The molecule has 0 radical (unpaired) electrons. The van der Waals surface area contributed by atoms with Crippen LogP contribution in [0.2, 0.25) is 0 Å². The van der Waals surface area contributed by atoms with Crippen LogP contribution in [0.4, 0.5) is 5.69 Å². The third-order valence-corrected chi connectivity index (χ3v) is 4.88. The molecule has 0 fully saturated rings. The van der Waals surface area contributed by atoms with E-state index >= 15 is 0 Å². The van der Waals surface area contributed by atoms with E-state index in [4.69, 9.17) is 9.47 Å². The highest BCUT2D eigenvalue weighted by Gasteiger charge is 2.20. The van der Waals surface area contributed by atoms with E-state index in [1.165, 1.54) is 18.5 Å². The van der Waals surface area contributed by atoms with Gasteiger partial charge in [0.2, 0.25) is 0 Å². The van der Waals surface area contributed by atoms with Crippen molar-refractivity contribution in [1.29, 1.82) is 0 Å². The second-order valence-corrected chi connectivity index (χ2v) is 6.46. The van der Waals surface area contributed by atoms with Crippen molar-refractivity contribution in [3.8, 4) is 11.8 Å². The van der Waals surface area contributed by atoms with Gasteiger partial charge in [0.15, 0.2) is 0 Å². The van der Waals surface area contributed by atoms with Crippen molar-refractivity contribution < 1.29 is 17.9 Å². The van der Waals surface area contributed by atoms with E-state index in [0.717, 1.165) is 5.56 Å². The molecule has 23 heavy (non-hydrogen) atoms. The van der Waals surface area contributed by atoms with E-state index in [1.807, 2.05) is 13.8 Å². The molecule has 0 saturated carbocycles. The standard InChI is InChI=1S/C15H19N3O4S/c1-5-22-15-16-8-12(9-17-15)18-23(19,20)14-7-6-13(21-4)10(2)11(14)3/h6-9,18H,5H2,1-4H3. The van der Waals surface area contributed by atoms with Gasteiger partial charge in [-0.3, -0.25) is 4.72 Å². The molecule has 0 amide bonds. The molecule has 0 aliphatic carbocycles. The summed E-state index contributed by atoms with van der Waals surface area (Å²) < 4.78 is 37.9. The number of hydrogen-bond donors (Lipinski definition) is 1. The van der Waals surface area contributed by atoms with Crippen molar-refractivity contribution in [3.63, 3.8) is 0 Å². The molecule has 1 N–H and O–H groups in total. The Morgan fingerprint density at radius 1 is 1.13 bits per heavy atom. The molecule has 8 heteroatoms. The molecule has 1 heterocycles. The first-order valence-corrected chi connectivity index (χ1v) is 8.49. The van der Waals surface area contributed by atoms with Gasteiger partial charge in [0.25, 0.3) is 10.0 Å². The number of ether oxygens (including phenoxy) is 2. The molecule has 0 unspecified atom stereocenters. The van der Waals surface area contributed by atoms with Crippen molar-refractivity contribution in [2.75, 3.05) is 18.4 Å². The predicted octanol–water partition coefficient (Wildman–Crippen LogP) is 2.30. The highest BCUT2D eigenvalue weighted by molar-refractivity contribution is 7.92. The number of hydrogen-bond acceptors (Lipinski definition) is 6. The van der Waals surface area contributed by atoms with E-state index in [9.17, 15) is 8.42 Å². The molecule has 0 atom stereocenters. The lowest BCUT2D eigenvalue weighted by molar-refractivity contribution is 0.312. The van der Waals surface area contributed by atoms with Crippen molar-refractivity contribution in [3.05, 3.63) is 35.7 Å². The number of methoxy groups -OCH3 is 1. The lowest BCUT2D eigenvalue weighted by Crippen LogP contribution is -2.15. The third-order valence-electron chi connectivity index (χ3n) is 3.35. The van der Waals surface area contributed by atoms with Gasteiger partial charge in [-0.2, -0.15) is 0 Å².